The van der Waals surface area contributed by atoms with Gasteiger partial charge in [-0.3, -0.25) is 9.59 Å². The molecule has 2 aromatic rings. The summed E-state index contributed by atoms with van der Waals surface area (Å²) in [7, 11) is 1.56. The minimum Gasteiger partial charge on any atom is -0.481 e. The van der Waals surface area contributed by atoms with Crippen molar-refractivity contribution in [2.45, 2.75) is 38.8 Å². The van der Waals surface area contributed by atoms with E-state index in [1.54, 1.807) is 18.1 Å². The van der Waals surface area contributed by atoms with Crippen molar-refractivity contribution in [3.63, 3.8) is 0 Å². The molecule has 0 unspecified atom stereocenters. The summed E-state index contributed by atoms with van der Waals surface area (Å²) in [4.78, 5) is 34.5. The van der Waals surface area contributed by atoms with E-state index < -0.39 is 0 Å². The van der Waals surface area contributed by atoms with E-state index in [1.165, 1.54) is 23.1 Å². The highest BCUT2D eigenvalue weighted by Gasteiger charge is 2.25. The van der Waals surface area contributed by atoms with Crippen LogP contribution in [0.25, 0.3) is 0 Å². The summed E-state index contributed by atoms with van der Waals surface area (Å²) < 4.78 is 6.44. The SMILES string of the molecule is COc1cc(NC2CCN(C(=O)c3ccc(=O)n(C(C)C)n3)CC2)ncn1. The summed E-state index contributed by atoms with van der Waals surface area (Å²) in [6.07, 6.45) is 3.04. The van der Waals surface area contributed by atoms with Gasteiger partial charge in [-0.25, -0.2) is 14.6 Å². The number of hydrogen-bond acceptors (Lipinski definition) is 7. The van der Waals surface area contributed by atoms with Gasteiger partial charge in [-0.2, -0.15) is 5.10 Å². The van der Waals surface area contributed by atoms with E-state index >= 15 is 0 Å². The second-order valence-electron chi connectivity index (χ2n) is 6.75. The van der Waals surface area contributed by atoms with Gasteiger partial charge in [0.15, 0.2) is 0 Å². The molecular weight excluding hydrogens is 348 g/mol. The Morgan fingerprint density at radius 2 is 2.00 bits per heavy atom. The van der Waals surface area contributed by atoms with Crippen LogP contribution in [-0.2, 0) is 0 Å². The van der Waals surface area contributed by atoms with Crippen molar-refractivity contribution in [1.82, 2.24) is 24.6 Å². The van der Waals surface area contributed by atoms with Gasteiger partial charge < -0.3 is 15.0 Å². The van der Waals surface area contributed by atoms with E-state index in [2.05, 4.69) is 20.4 Å². The van der Waals surface area contributed by atoms with Crippen LogP contribution in [0.4, 0.5) is 5.82 Å². The first kappa shape index (κ1) is 18.8. The second kappa shape index (κ2) is 8.15. The largest absolute Gasteiger partial charge is 0.481 e. The Balaban J connectivity index is 1.61. The van der Waals surface area contributed by atoms with Gasteiger partial charge in [-0.15, -0.1) is 0 Å². The lowest BCUT2D eigenvalue weighted by Crippen LogP contribution is -2.43. The molecule has 27 heavy (non-hydrogen) atoms. The smallest absolute Gasteiger partial charge is 0.274 e. The number of methoxy groups -OCH3 is 1. The number of carbonyl (C=O) groups is 1. The van der Waals surface area contributed by atoms with Crippen LogP contribution in [0.5, 0.6) is 5.88 Å². The molecule has 0 atom stereocenters. The van der Waals surface area contributed by atoms with Crippen LogP contribution in [0.3, 0.4) is 0 Å². The van der Waals surface area contributed by atoms with Crippen molar-refractivity contribution in [3.8, 4) is 5.88 Å². The van der Waals surface area contributed by atoms with E-state index in [1.807, 2.05) is 13.8 Å². The van der Waals surface area contributed by atoms with Crippen molar-refractivity contribution in [3.05, 3.63) is 40.6 Å². The van der Waals surface area contributed by atoms with Gasteiger partial charge in [-0.05, 0) is 32.8 Å². The molecule has 0 aromatic carbocycles. The number of carbonyl (C=O) groups excluding carboxylic acids is 1. The van der Waals surface area contributed by atoms with Crippen molar-refractivity contribution in [2.24, 2.45) is 0 Å². The highest BCUT2D eigenvalue weighted by atomic mass is 16.5. The molecule has 9 nitrogen and oxygen atoms in total. The van der Waals surface area contributed by atoms with Crippen molar-refractivity contribution in [1.29, 1.82) is 0 Å². The number of rotatable bonds is 5. The Morgan fingerprint density at radius 1 is 1.26 bits per heavy atom. The number of amides is 1. The second-order valence-corrected chi connectivity index (χ2v) is 6.75. The molecule has 0 aliphatic carbocycles. The first-order chi connectivity index (χ1) is 13.0. The molecule has 1 amide bonds. The van der Waals surface area contributed by atoms with E-state index in [9.17, 15) is 9.59 Å². The maximum absolute atomic E-state index is 12.7. The molecule has 1 aliphatic heterocycles. The zero-order valence-corrected chi connectivity index (χ0v) is 15.8. The molecule has 0 spiro atoms. The fourth-order valence-corrected chi connectivity index (χ4v) is 3.04. The molecule has 9 heteroatoms. The molecule has 3 heterocycles. The Hall–Kier alpha value is -2.97. The van der Waals surface area contributed by atoms with Gasteiger partial charge in [0, 0.05) is 31.3 Å². The summed E-state index contributed by atoms with van der Waals surface area (Å²) in [6.45, 7) is 4.95. The number of ether oxygens (including phenoxy) is 1. The zero-order chi connectivity index (χ0) is 19.4. The van der Waals surface area contributed by atoms with Gasteiger partial charge in [0.05, 0.1) is 13.2 Å². The van der Waals surface area contributed by atoms with Crippen LogP contribution in [0.1, 0.15) is 43.2 Å². The highest BCUT2D eigenvalue weighted by molar-refractivity contribution is 5.92. The molecule has 1 saturated heterocycles. The Morgan fingerprint density at radius 3 is 2.67 bits per heavy atom. The third kappa shape index (κ3) is 4.42. The summed E-state index contributed by atoms with van der Waals surface area (Å²) in [5, 5.41) is 7.58. The summed E-state index contributed by atoms with van der Waals surface area (Å²) >= 11 is 0. The minimum atomic E-state index is -0.204. The highest BCUT2D eigenvalue weighted by Crippen LogP contribution is 2.18. The van der Waals surface area contributed by atoms with E-state index in [4.69, 9.17) is 4.74 Å². The lowest BCUT2D eigenvalue weighted by Gasteiger charge is -2.32. The predicted octanol–water partition coefficient (Wildman–Crippen LogP) is 1.34. The molecular formula is C18H24N6O3. The molecule has 3 rings (SSSR count). The topological polar surface area (TPSA) is 102 Å². The van der Waals surface area contributed by atoms with E-state index in [0.717, 1.165) is 12.8 Å². The minimum absolute atomic E-state index is 0.0926. The number of anilines is 1. The summed E-state index contributed by atoms with van der Waals surface area (Å²) in [5.74, 6) is 1.07. The maximum atomic E-state index is 12.7. The number of hydrogen-bond donors (Lipinski definition) is 1. The van der Waals surface area contributed by atoms with Crippen LogP contribution in [-0.4, -0.2) is 56.8 Å². The van der Waals surface area contributed by atoms with Crippen molar-refractivity contribution in [2.75, 3.05) is 25.5 Å². The Bertz CT molecular complexity index is 858. The molecule has 0 bridgehead atoms. The Labute approximate surface area is 157 Å². The molecule has 1 aliphatic rings. The fraction of sp³-hybridized carbons (Fsp3) is 0.500. The quantitative estimate of drug-likeness (QED) is 0.845. The molecule has 0 radical (unpaired) electrons. The number of nitrogens with one attached hydrogen (secondary N) is 1. The van der Waals surface area contributed by atoms with E-state index in [-0.39, 0.29) is 23.6 Å². The Kier molecular flexibility index (Phi) is 5.68. The van der Waals surface area contributed by atoms with Gasteiger partial charge in [0.2, 0.25) is 5.88 Å². The summed E-state index contributed by atoms with van der Waals surface area (Å²) in [5.41, 5.74) is 0.0972. The van der Waals surface area contributed by atoms with Crippen molar-refractivity contribution >= 4 is 11.7 Å². The first-order valence-corrected chi connectivity index (χ1v) is 8.99. The van der Waals surface area contributed by atoms with Gasteiger partial charge in [-0.1, -0.05) is 0 Å². The average Bonchev–Trinajstić information content (AvgIpc) is 2.68. The molecule has 0 saturated carbocycles. The third-order valence-electron chi connectivity index (χ3n) is 4.52. The van der Waals surface area contributed by atoms with Crippen LogP contribution < -0.4 is 15.6 Å². The van der Waals surface area contributed by atoms with Crippen LogP contribution in [0, 0.1) is 0 Å². The number of aromatic nitrogens is 4. The third-order valence-corrected chi connectivity index (χ3v) is 4.52. The lowest BCUT2D eigenvalue weighted by molar-refractivity contribution is 0.0709. The average molecular weight is 372 g/mol. The zero-order valence-electron chi connectivity index (χ0n) is 15.8. The first-order valence-electron chi connectivity index (χ1n) is 8.99. The molecule has 144 valence electrons. The summed E-state index contributed by atoms with van der Waals surface area (Å²) in [6, 6.07) is 4.77. The van der Waals surface area contributed by atoms with Crippen LogP contribution in [0.2, 0.25) is 0 Å². The van der Waals surface area contributed by atoms with E-state index in [0.29, 0.717) is 30.5 Å². The fourth-order valence-electron chi connectivity index (χ4n) is 3.04. The number of nitrogens with zero attached hydrogens (tertiary/aromatic N) is 5. The van der Waals surface area contributed by atoms with Gasteiger partial charge in [0.25, 0.3) is 11.5 Å². The molecule has 2 aromatic heterocycles. The van der Waals surface area contributed by atoms with Crippen LogP contribution >= 0.6 is 0 Å². The van der Waals surface area contributed by atoms with Gasteiger partial charge in [0.1, 0.15) is 17.8 Å². The number of likely N-dealkylation sites (tertiary alicyclic amines) is 1. The normalized spacial score (nSPS) is 15.0. The predicted molar refractivity (Wildman–Crippen MR) is 100 cm³/mol. The van der Waals surface area contributed by atoms with Crippen molar-refractivity contribution < 1.29 is 9.53 Å². The molecule has 1 N–H and O–H groups in total. The lowest BCUT2D eigenvalue weighted by atomic mass is 10.0. The monoisotopic (exact) mass is 372 g/mol. The maximum Gasteiger partial charge on any atom is 0.274 e. The number of piperidine rings is 1. The van der Waals surface area contributed by atoms with Gasteiger partial charge >= 0.3 is 0 Å². The standard InChI is InChI=1S/C18H24N6O3/c1-12(2)24-17(25)5-4-14(22-24)18(26)23-8-6-13(7-9-23)21-15-10-16(27-3)20-11-19-15/h4-5,10-13H,6-9H2,1-3H3,(H,19,20,21). The molecule has 1 fully saturated rings. The van der Waals surface area contributed by atoms with Crippen LogP contribution in [0.15, 0.2) is 29.3 Å².